The molecule has 1 aliphatic heterocycles. The Kier molecular flexibility index (Phi) is 8.52. The molecule has 1 rings (SSSR count). The van der Waals surface area contributed by atoms with Crippen molar-refractivity contribution in [3.63, 3.8) is 0 Å². The maximum atomic E-state index is 11.5. The number of esters is 3. The molecule has 1 saturated heterocycles. The van der Waals surface area contributed by atoms with Gasteiger partial charge in [-0.2, -0.15) is 0 Å². The van der Waals surface area contributed by atoms with Gasteiger partial charge in [0.1, 0.15) is 6.61 Å². The minimum atomic E-state index is -0.361. The zero-order valence-corrected chi connectivity index (χ0v) is 12.9. The van der Waals surface area contributed by atoms with Crippen molar-refractivity contribution < 1.29 is 28.6 Å². The van der Waals surface area contributed by atoms with E-state index in [-0.39, 0.29) is 54.5 Å². The summed E-state index contributed by atoms with van der Waals surface area (Å²) in [5.74, 6) is 0.115. The van der Waals surface area contributed by atoms with Gasteiger partial charge in [-0.3, -0.25) is 14.4 Å². The second-order valence-electron chi connectivity index (χ2n) is 4.05. The van der Waals surface area contributed by atoms with E-state index in [2.05, 4.69) is 0 Å². The molecule has 20 heavy (non-hydrogen) atoms. The lowest BCUT2D eigenvalue weighted by molar-refractivity contribution is -0.143. The Bertz CT molecular complexity index is 347. The molecule has 0 aromatic rings. The number of hydrogen-bond donors (Lipinski definition) is 0. The van der Waals surface area contributed by atoms with Gasteiger partial charge in [0, 0.05) is 24.3 Å². The third kappa shape index (κ3) is 8.31. The largest absolute Gasteiger partial charge is 0.465 e. The van der Waals surface area contributed by atoms with Crippen LogP contribution in [0.2, 0.25) is 0 Å². The zero-order valence-electron chi connectivity index (χ0n) is 11.3. The summed E-state index contributed by atoms with van der Waals surface area (Å²) in [5, 5.41) is -0.0509. The molecular formula is C12H18O6S2. The average Bonchev–Trinajstić information content (AvgIpc) is 2.41. The van der Waals surface area contributed by atoms with Gasteiger partial charge in [0.15, 0.2) is 0 Å². The first kappa shape index (κ1) is 17.2. The zero-order chi connectivity index (χ0) is 14.8. The molecule has 0 N–H and O–H groups in total. The summed E-state index contributed by atoms with van der Waals surface area (Å²) in [6.45, 7) is 2.06. The fourth-order valence-corrected chi connectivity index (χ4v) is 3.35. The number of ether oxygens (including phenoxy) is 3. The molecule has 1 atom stereocenters. The minimum absolute atomic E-state index is 0.0509. The predicted molar refractivity (Wildman–Crippen MR) is 76.7 cm³/mol. The van der Waals surface area contributed by atoms with Crippen molar-refractivity contribution in [3.8, 4) is 0 Å². The van der Waals surface area contributed by atoms with Gasteiger partial charge in [0.05, 0.1) is 24.7 Å². The topological polar surface area (TPSA) is 78.9 Å². The van der Waals surface area contributed by atoms with Gasteiger partial charge < -0.3 is 14.2 Å². The Balaban J connectivity index is 2.47. The Morgan fingerprint density at radius 2 is 1.90 bits per heavy atom. The summed E-state index contributed by atoms with van der Waals surface area (Å²) in [4.78, 5) is 33.7. The van der Waals surface area contributed by atoms with Crippen LogP contribution in [0.25, 0.3) is 0 Å². The van der Waals surface area contributed by atoms with Crippen LogP contribution >= 0.6 is 23.5 Å². The minimum Gasteiger partial charge on any atom is -0.465 e. The van der Waals surface area contributed by atoms with E-state index in [1.54, 1.807) is 0 Å². The molecule has 1 fully saturated rings. The molecule has 0 spiro atoms. The van der Waals surface area contributed by atoms with Crippen molar-refractivity contribution >= 4 is 41.4 Å². The fourth-order valence-electron chi connectivity index (χ4n) is 1.33. The lowest BCUT2D eigenvalue weighted by Gasteiger charge is -2.15. The number of carbonyl (C=O) groups excluding carboxylic acids is 3. The third-order valence-corrected chi connectivity index (χ3v) is 4.71. The van der Waals surface area contributed by atoms with Gasteiger partial charge in [-0.25, -0.2) is 0 Å². The maximum absolute atomic E-state index is 11.5. The van der Waals surface area contributed by atoms with Crippen molar-refractivity contribution in [1.82, 2.24) is 0 Å². The summed E-state index contributed by atoms with van der Waals surface area (Å²) in [5.41, 5.74) is 0. The third-order valence-electron chi connectivity index (χ3n) is 2.25. The van der Waals surface area contributed by atoms with E-state index in [1.807, 2.05) is 0 Å². The van der Waals surface area contributed by atoms with Gasteiger partial charge in [0.25, 0.3) is 0 Å². The standard InChI is InChI=1S/C12H18O6S2/c1-9(13)18-5-10-6-19-7-11(14)16-3-2-4-17-12(15)8-20-10/h10H,2-8H2,1H3. The molecule has 8 heteroatoms. The Labute approximate surface area is 126 Å². The highest BCUT2D eigenvalue weighted by atomic mass is 32.2. The second kappa shape index (κ2) is 9.93. The van der Waals surface area contributed by atoms with Crippen LogP contribution in [0.5, 0.6) is 0 Å². The summed E-state index contributed by atoms with van der Waals surface area (Å²) < 4.78 is 14.9. The summed E-state index contributed by atoms with van der Waals surface area (Å²) in [6, 6.07) is 0. The van der Waals surface area contributed by atoms with Crippen molar-refractivity contribution in [3.05, 3.63) is 0 Å². The van der Waals surface area contributed by atoms with E-state index < -0.39 is 0 Å². The highest BCUT2D eigenvalue weighted by molar-refractivity contribution is 8.04. The number of cyclic esters (lactones) is 2. The Hall–Kier alpha value is -0.890. The predicted octanol–water partition coefficient (Wildman–Crippen LogP) is 0.875. The van der Waals surface area contributed by atoms with E-state index in [1.165, 1.54) is 30.4 Å². The van der Waals surface area contributed by atoms with Crippen LogP contribution in [0.3, 0.4) is 0 Å². The molecule has 0 aliphatic carbocycles. The number of carbonyl (C=O) groups is 3. The van der Waals surface area contributed by atoms with Crippen molar-refractivity contribution in [1.29, 1.82) is 0 Å². The maximum Gasteiger partial charge on any atom is 0.315 e. The summed E-state index contributed by atoms with van der Waals surface area (Å²) >= 11 is 2.77. The first-order chi connectivity index (χ1) is 9.58. The molecule has 6 nitrogen and oxygen atoms in total. The van der Waals surface area contributed by atoms with Gasteiger partial charge in [0.2, 0.25) is 0 Å². The van der Waals surface area contributed by atoms with Crippen molar-refractivity contribution in [2.45, 2.75) is 18.6 Å². The quantitative estimate of drug-likeness (QED) is 0.547. The highest BCUT2D eigenvalue weighted by Crippen LogP contribution is 2.18. The van der Waals surface area contributed by atoms with Crippen LogP contribution in [0.1, 0.15) is 13.3 Å². The normalized spacial score (nSPS) is 22.6. The fraction of sp³-hybridized carbons (Fsp3) is 0.750. The monoisotopic (exact) mass is 322 g/mol. The van der Waals surface area contributed by atoms with E-state index in [0.29, 0.717) is 12.2 Å². The molecule has 1 aliphatic rings. The first-order valence-electron chi connectivity index (χ1n) is 6.22. The second-order valence-corrected chi connectivity index (χ2v) is 6.36. The molecule has 0 aromatic heterocycles. The lowest BCUT2D eigenvalue weighted by atomic mass is 10.5. The van der Waals surface area contributed by atoms with E-state index in [9.17, 15) is 14.4 Å². The summed E-state index contributed by atoms with van der Waals surface area (Å²) in [7, 11) is 0. The molecule has 0 bridgehead atoms. The molecule has 1 heterocycles. The van der Waals surface area contributed by atoms with Crippen molar-refractivity contribution in [2.75, 3.05) is 37.1 Å². The molecule has 0 radical (unpaired) electrons. The first-order valence-corrected chi connectivity index (χ1v) is 8.42. The molecule has 0 aromatic carbocycles. The van der Waals surface area contributed by atoms with Gasteiger partial charge in [-0.15, -0.1) is 23.5 Å². The van der Waals surface area contributed by atoms with Crippen LogP contribution in [-0.4, -0.2) is 60.2 Å². The smallest absolute Gasteiger partial charge is 0.315 e. The molecule has 0 saturated carbocycles. The highest BCUT2D eigenvalue weighted by Gasteiger charge is 2.16. The SMILES string of the molecule is CC(=O)OCC1CSCC(=O)OCCCOC(=O)CS1. The van der Waals surface area contributed by atoms with Crippen LogP contribution in [0.15, 0.2) is 0 Å². The lowest BCUT2D eigenvalue weighted by Crippen LogP contribution is -2.20. The number of thioether (sulfide) groups is 2. The van der Waals surface area contributed by atoms with Crippen LogP contribution < -0.4 is 0 Å². The van der Waals surface area contributed by atoms with Crippen LogP contribution in [0.4, 0.5) is 0 Å². The van der Waals surface area contributed by atoms with E-state index in [0.717, 1.165) is 0 Å². The molecule has 114 valence electrons. The van der Waals surface area contributed by atoms with E-state index >= 15 is 0 Å². The Morgan fingerprint density at radius 1 is 1.25 bits per heavy atom. The van der Waals surface area contributed by atoms with Gasteiger partial charge >= 0.3 is 17.9 Å². The molecular weight excluding hydrogens is 304 g/mol. The average molecular weight is 322 g/mol. The summed E-state index contributed by atoms with van der Waals surface area (Å²) in [6.07, 6.45) is 0.504. The van der Waals surface area contributed by atoms with Gasteiger partial charge in [-0.05, 0) is 0 Å². The molecule has 0 amide bonds. The van der Waals surface area contributed by atoms with Gasteiger partial charge in [-0.1, -0.05) is 0 Å². The van der Waals surface area contributed by atoms with Crippen molar-refractivity contribution in [2.24, 2.45) is 0 Å². The Morgan fingerprint density at radius 3 is 2.55 bits per heavy atom. The van der Waals surface area contributed by atoms with E-state index in [4.69, 9.17) is 14.2 Å². The van der Waals surface area contributed by atoms with Crippen LogP contribution in [-0.2, 0) is 28.6 Å². The molecule has 1 unspecified atom stereocenters. The number of hydrogen-bond acceptors (Lipinski definition) is 8. The number of rotatable bonds is 2. The van der Waals surface area contributed by atoms with Crippen LogP contribution in [0, 0.1) is 0 Å².